The van der Waals surface area contributed by atoms with E-state index in [2.05, 4.69) is 6.08 Å². The van der Waals surface area contributed by atoms with Crippen LogP contribution in [0, 0.1) is 10.6 Å². The highest BCUT2D eigenvalue weighted by Gasteiger charge is 2.64. The number of carbonyl (C=O) groups excluding carboxylic acids is 1. The van der Waals surface area contributed by atoms with E-state index in [-0.39, 0.29) is 10.6 Å². The number of carbonyl (C=O) groups is 1. The van der Waals surface area contributed by atoms with Crippen LogP contribution in [-0.2, 0) is 16.0 Å². The summed E-state index contributed by atoms with van der Waals surface area (Å²) in [5.74, 6) is 0.960. The van der Waals surface area contributed by atoms with Gasteiger partial charge in [0.1, 0.15) is 12.6 Å². The second-order valence-corrected chi connectivity index (χ2v) is 7.48. The number of fused-ring (bicyclic) bond motifs is 5. The molecule has 1 aromatic carbocycles. The summed E-state index contributed by atoms with van der Waals surface area (Å²) in [6.07, 6.45) is 5.22. The predicted octanol–water partition coefficient (Wildman–Crippen LogP) is 2.90. The van der Waals surface area contributed by atoms with Gasteiger partial charge in [0.05, 0.1) is 27.9 Å². The van der Waals surface area contributed by atoms with E-state index in [0.29, 0.717) is 37.4 Å². The zero-order valence-corrected chi connectivity index (χ0v) is 15.5. The van der Waals surface area contributed by atoms with E-state index in [1.807, 2.05) is 12.1 Å². The van der Waals surface area contributed by atoms with Crippen molar-refractivity contribution < 1.29 is 23.7 Å². The number of hydrogen-bond acceptors (Lipinski definition) is 5. The minimum atomic E-state index is -0.858. The molecule has 0 saturated carbocycles. The summed E-state index contributed by atoms with van der Waals surface area (Å²) in [5.41, 5.74) is 2.06. The number of allylic oxidation sites excluding steroid dienone is 1. The van der Waals surface area contributed by atoms with E-state index in [1.54, 1.807) is 14.2 Å². The number of ether oxygens (including phenoxy) is 3. The van der Waals surface area contributed by atoms with Crippen LogP contribution in [-0.4, -0.2) is 45.0 Å². The summed E-state index contributed by atoms with van der Waals surface area (Å²) in [6, 6.07) is 3.36. The van der Waals surface area contributed by atoms with Crippen molar-refractivity contribution in [3.8, 4) is 11.5 Å². The summed E-state index contributed by atoms with van der Waals surface area (Å²) < 4.78 is 15.7. The van der Waals surface area contributed by atoms with Crippen molar-refractivity contribution in [2.75, 3.05) is 34.4 Å². The Labute approximate surface area is 153 Å². The largest absolute Gasteiger partial charge is 0.632 e. The number of quaternary nitrogens is 1. The molecule has 3 atom stereocenters. The fraction of sp³-hybridized carbons (Fsp3) is 0.550. The maximum absolute atomic E-state index is 13.8. The fourth-order valence-electron chi connectivity index (χ4n) is 5.27. The van der Waals surface area contributed by atoms with Gasteiger partial charge < -0.3 is 24.1 Å². The first kappa shape index (κ1) is 17.4. The van der Waals surface area contributed by atoms with Gasteiger partial charge in [0.2, 0.25) is 0 Å². The summed E-state index contributed by atoms with van der Waals surface area (Å²) >= 11 is 0. The number of rotatable bonds is 3. The van der Waals surface area contributed by atoms with E-state index >= 15 is 0 Å². The van der Waals surface area contributed by atoms with Gasteiger partial charge in [-0.3, -0.25) is 4.79 Å². The molecule has 0 N–H and O–H groups in total. The second kappa shape index (κ2) is 5.99. The van der Waals surface area contributed by atoms with Gasteiger partial charge in [-0.05, 0) is 37.0 Å². The molecule has 4 rings (SSSR count). The highest BCUT2D eigenvalue weighted by molar-refractivity contribution is 5.83. The first-order chi connectivity index (χ1) is 12.5. The SMILES string of the molecule is COC(=O)[C@@]12CCCC=C1C[N+]1([O-])CCc3cc(OC)c(OC)cc3[C@@H]21. The average molecular weight is 359 g/mol. The highest BCUT2D eigenvalue weighted by Crippen LogP contribution is 2.61. The number of methoxy groups -OCH3 is 3. The summed E-state index contributed by atoms with van der Waals surface area (Å²) in [5, 5.41) is 13.8. The summed E-state index contributed by atoms with van der Waals surface area (Å²) in [6.45, 7) is 0.830. The first-order valence-electron chi connectivity index (χ1n) is 9.10. The third kappa shape index (κ3) is 2.15. The van der Waals surface area contributed by atoms with Crippen LogP contribution >= 0.6 is 0 Å². The van der Waals surface area contributed by atoms with Crippen molar-refractivity contribution >= 4 is 5.97 Å². The lowest BCUT2D eigenvalue weighted by molar-refractivity contribution is -0.902. The van der Waals surface area contributed by atoms with Gasteiger partial charge in [-0.1, -0.05) is 6.08 Å². The molecule has 0 bridgehead atoms. The molecule has 0 spiro atoms. The Morgan fingerprint density at radius 2 is 1.96 bits per heavy atom. The monoisotopic (exact) mass is 359 g/mol. The van der Waals surface area contributed by atoms with Crippen molar-refractivity contribution in [2.24, 2.45) is 5.41 Å². The quantitative estimate of drug-likeness (QED) is 0.359. The molecular weight excluding hydrogens is 334 g/mol. The Balaban J connectivity index is 1.95. The molecule has 1 fully saturated rings. The smallest absolute Gasteiger partial charge is 0.322 e. The van der Waals surface area contributed by atoms with Crippen molar-refractivity contribution in [1.82, 2.24) is 0 Å². The van der Waals surface area contributed by atoms with Crippen LogP contribution in [0.2, 0.25) is 0 Å². The van der Waals surface area contributed by atoms with Gasteiger partial charge in [-0.2, -0.15) is 0 Å². The van der Waals surface area contributed by atoms with Crippen LogP contribution in [0.1, 0.15) is 36.4 Å². The third-order valence-corrected chi connectivity index (χ3v) is 6.36. The molecule has 0 radical (unpaired) electrons. The molecule has 1 aliphatic carbocycles. The van der Waals surface area contributed by atoms with Crippen molar-refractivity contribution in [1.29, 1.82) is 0 Å². The number of esters is 1. The van der Waals surface area contributed by atoms with E-state index < -0.39 is 11.5 Å². The Hall–Kier alpha value is -2.05. The Morgan fingerprint density at radius 3 is 2.65 bits per heavy atom. The maximum atomic E-state index is 13.8. The Kier molecular flexibility index (Phi) is 4.00. The topological polar surface area (TPSA) is 67.8 Å². The molecular formula is C20H25NO5. The molecule has 6 nitrogen and oxygen atoms in total. The third-order valence-electron chi connectivity index (χ3n) is 6.36. The zero-order chi connectivity index (χ0) is 18.5. The molecule has 1 saturated heterocycles. The molecule has 3 aliphatic rings. The molecule has 0 amide bonds. The van der Waals surface area contributed by atoms with Crippen molar-refractivity contribution in [2.45, 2.75) is 31.7 Å². The van der Waals surface area contributed by atoms with Crippen molar-refractivity contribution in [3.63, 3.8) is 0 Å². The zero-order valence-electron chi connectivity index (χ0n) is 15.5. The minimum Gasteiger partial charge on any atom is -0.632 e. The molecule has 2 heterocycles. The van der Waals surface area contributed by atoms with Crippen LogP contribution in [0.15, 0.2) is 23.8 Å². The lowest BCUT2D eigenvalue weighted by Crippen LogP contribution is -2.51. The first-order valence-corrected chi connectivity index (χ1v) is 9.10. The normalized spacial score (nSPS) is 32.0. The molecule has 0 aromatic heterocycles. The van der Waals surface area contributed by atoms with Gasteiger partial charge in [-0.25, -0.2) is 0 Å². The fourth-order valence-corrected chi connectivity index (χ4v) is 5.27. The molecule has 1 unspecified atom stereocenters. The van der Waals surface area contributed by atoms with E-state index in [0.717, 1.165) is 29.5 Å². The Bertz CT molecular complexity index is 789. The van der Waals surface area contributed by atoms with E-state index in [4.69, 9.17) is 14.2 Å². The molecule has 1 aromatic rings. The maximum Gasteiger partial charge on any atom is 0.322 e. The van der Waals surface area contributed by atoms with Crippen LogP contribution in [0.25, 0.3) is 0 Å². The molecule has 6 heteroatoms. The number of hydrogen-bond donors (Lipinski definition) is 0. The molecule has 2 aliphatic heterocycles. The minimum absolute atomic E-state index is 0.285. The summed E-state index contributed by atoms with van der Waals surface area (Å²) in [4.78, 5) is 13.0. The predicted molar refractivity (Wildman–Crippen MR) is 95.7 cm³/mol. The number of nitrogens with zero attached hydrogens (tertiary/aromatic N) is 1. The van der Waals surface area contributed by atoms with Crippen LogP contribution in [0.3, 0.4) is 0 Å². The lowest BCUT2D eigenvalue weighted by Gasteiger charge is -2.50. The van der Waals surface area contributed by atoms with Crippen LogP contribution in [0.4, 0.5) is 0 Å². The van der Waals surface area contributed by atoms with Gasteiger partial charge in [0.25, 0.3) is 0 Å². The standard InChI is InChI=1S/C20H25NO5/c1-24-16-10-13-7-9-21(23)12-14-6-4-5-8-20(14,19(22)26-3)18(21)15(13)11-17(16)25-2/h6,10-11,18H,4-5,7-9,12H2,1-3H3/t18-,20-,21?/m0/s1. The highest BCUT2D eigenvalue weighted by atomic mass is 16.6. The van der Waals surface area contributed by atoms with Crippen LogP contribution in [0.5, 0.6) is 11.5 Å². The molecule has 140 valence electrons. The van der Waals surface area contributed by atoms with Gasteiger partial charge >= 0.3 is 5.97 Å². The van der Waals surface area contributed by atoms with Gasteiger partial charge in [0.15, 0.2) is 16.9 Å². The number of hydroxylamine groups is 3. The summed E-state index contributed by atoms with van der Waals surface area (Å²) in [7, 11) is 4.61. The van der Waals surface area contributed by atoms with E-state index in [9.17, 15) is 10.0 Å². The van der Waals surface area contributed by atoms with Gasteiger partial charge in [-0.15, -0.1) is 0 Å². The van der Waals surface area contributed by atoms with Crippen molar-refractivity contribution in [3.05, 3.63) is 40.1 Å². The second-order valence-electron chi connectivity index (χ2n) is 7.48. The lowest BCUT2D eigenvalue weighted by atomic mass is 9.67. The average Bonchev–Trinajstić information content (AvgIpc) is 2.95. The number of benzene rings is 1. The molecule has 26 heavy (non-hydrogen) atoms. The van der Waals surface area contributed by atoms with Crippen LogP contribution < -0.4 is 9.47 Å². The Morgan fingerprint density at radius 1 is 1.23 bits per heavy atom. The van der Waals surface area contributed by atoms with Gasteiger partial charge in [0, 0.05) is 17.6 Å². The van der Waals surface area contributed by atoms with E-state index in [1.165, 1.54) is 7.11 Å².